The average molecular weight is 301 g/mol. The zero-order valence-corrected chi connectivity index (χ0v) is 12.5. The molecule has 0 bridgehead atoms. The third kappa shape index (κ3) is 3.77. The van der Waals surface area contributed by atoms with Crippen LogP contribution in [0.25, 0.3) is 0 Å². The number of amides is 1. The number of fused-ring (bicyclic) bond motifs is 1. The molecule has 0 saturated carbocycles. The summed E-state index contributed by atoms with van der Waals surface area (Å²) in [4.78, 5) is 11.7. The number of ether oxygens (including phenoxy) is 2. The van der Waals surface area contributed by atoms with E-state index in [4.69, 9.17) is 15.2 Å². The maximum Gasteiger partial charge on any atom is 0.237 e. The van der Waals surface area contributed by atoms with Gasteiger partial charge < -0.3 is 20.5 Å². The Kier molecular flexibility index (Phi) is 6.10. The average Bonchev–Trinajstić information content (AvgIpc) is 2.43. The second kappa shape index (κ2) is 7.36. The first kappa shape index (κ1) is 16.6. The standard InChI is InChI=1S/C14H20N2O3.ClH/c1-3-11(16-14(17)9(2)15)10-4-5-12-13(8-10)19-7-6-18-12;/h4-5,8-9,11H,3,6-7,15H2,1-2H3,(H,16,17);1H. The molecule has 0 fully saturated rings. The van der Waals surface area contributed by atoms with Crippen LogP contribution >= 0.6 is 12.4 Å². The highest BCUT2D eigenvalue weighted by Gasteiger charge is 2.18. The molecule has 1 aromatic rings. The van der Waals surface area contributed by atoms with Crippen LogP contribution in [0.3, 0.4) is 0 Å². The molecule has 0 aliphatic carbocycles. The number of hydrogen-bond donors (Lipinski definition) is 2. The van der Waals surface area contributed by atoms with Gasteiger partial charge in [0.1, 0.15) is 13.2 Å². The first-order valence-electron chi connectivity index (χ1n) is 6.57. The smallest absolute Gasteiger partial charge is 0.237 e. The fourth-order valence-corrected chi connectivity index (χ4v) is 2.00. The predicted octanol–water partition coefficient (Wildman–Crippen LogP) is 1.79. The monoisotopic (exact) mass is 300 g/mol. The van der Waals surface area contributed by atoms with Gasteiger partial charge >= 0.3 is 0 Å². The van der Waals surface area contributed by atoms with E-state index < -0.39 is 6.04 Å². The number of benzene rings is 1. The third-order valence-electron chi connectivity index (χ3n) is 3.11. The van der Waals surface area contributed by atoms with Crippen LogP contribution < -0.4 is 20.5 Å². The molecule has 0 saturated heterocycles. The lowest BCUT2D eigenvalue weighted by Crippen LogP contribution is -2.40. The molecule has 20 heavy (non-hydrogen) atoms. The Morgan fingerprint density at radius 3 is 2.60 bits per heavy atom. The van der Waals surface area contributed by atoms with Crippen LogP contribution in [0.4, 0.5) is 0 Å². The van der Waals surface area contributed by atoms with Gasteiger partial charge in [0.05, 0.1) is 12.1 Å². The lowest BCUT2D eigenvalue weighted by Gasteiger charge is -2.22. The Morgan fingerprint density at radius 1 is 1.35 bits per heavy atom. The number of carbonyl (C=O) groups is 1. The van der Waals surface area contributed by atoms with Gasteiger partial charge in [-0.25, -0.2) is 0 Å². The van der Waals surface area contributed by atoms with Gasteiger partial charge in [-0.05, 0) is 31.0 Å². The first-order chi connectivity index (χ1) is 9.11. The van der Waals surface area contributed by atoms with Crippen LogP contribution in [0, 0.1) is 0 Å². The highest BCUT2D eigenvalue weighted by atomic mass is 35.5. The number of carbonyl (C=O) groups excluding carboxylic acids is 1. The Hall–Kier alpha value is -1.46. The normalized spacial score (nSPS) is 15.8. The van der Waals surface area contributed by atoms with Crippen molar-refractivity contribution in [1.29, 1.82) is 0 Å². The topological polar surface area (TPSA) is 73.6 Å². The van der Waals surface area contributed by atoms with Crippen molar-refractivity contribution in [2.75, 3.05) is 13.2 Å². The van der Waals surface area contributed by atoms with Gasteiger partial charge in [-0.2, -0.15) is 0 Å². The van der Waals surface area contributed by atoms with E-state index in [1.54, 1.807) is 6.92 Å². The van der Waals surface area contributed by atoms with Crippen LogP contribution in [0.5, 0.6) is 11.5 Å². The molecular weight excluding hydrogens is 280 g/mol. The molecule has 3 N–H and O–H groups in total. The molecule has 1 aliphatic heterocycles. The molecule has 0 spiro atoms. The minimum absolute atomic E-state index is 0. The van der Waals surface area contributed by atoms with Crippen LogP contribution in [0.15, 0.2) is 18.2 Å². The van der Waals surface area contributed by atoms with Crippen molar-refractivity contribution in [2.45, 2.75) is 32.4 Å². The molecule has 6 heteroatoms. The molecule has 1 heterocycles. The quantitative estimate of drug-likeness (QED) is 0.889. The largest absolute Gasteiger partial charge is 0.486 e. The number of rotatable bonds is 4. The summed E-state index contributed by atoms with van der Waals surface area (Å²) in [6.07, 6.45) is 0.790. The van der Waals surface area contributed by atoms with Crippen LogP contribution in [-0.4, -0.2) is 25.2 Å². The second-order valence-corrected chi connectivity index (χ2v) is 4.66. The predicted molar refractivity (Wildman–Crippen MR) is 79.5 cm³/mol. The van der Waals surface area contributed by atoms with Crippen molar-refractivity contribution in [1.82, 2.24) is 5.32 Å². The van der Waals surface area contributed by atoms with Gasteiger partial charge in [0, 0.05) is 0 Å². The van der Waals surface area contributed by atoms with Crippen molar-refractivity contribution in [3.63, 3.8) is 0 Å². The van der Waals surface area contributed by atoms with E-state index in [0.29, 0.717) is 13.2 Å². The number of nitrogens with one attached hydrogen (secondary N) is 1. The summed E-state index contributed by atoms with van der Waals surface area (Å²) < 4.78 is 11.0. The summed E-state index contributed by atoms with van der Waals surface area (Å²) in [6, 6.07) is 5.18. The SMILES string of the molecule is CCC(NC(=O)C(C)N)c1ccc2c(c1)OCCO2.Cl. The van der Waals surface area contributed by atoms with E-state index in [-0.39, 0.29) is 24.4 Å². The van der Waals surface area contributed by atoms with Gasteiger partial charge in [0.2, 0.25) is 5.91 Å². The third-order valence-corrected chi connectivity index (χ3v) is 3.11. The van der Waals surface area contributed by atoms with E-state index in [1.165, 1.54) is 0 Å². The zero-order chi connectivity index (χ0) is 13.8. The minimum Gasteiger partial charge on any atom is -0.486 e. The fourth-order valence-electron chi connectivity index (χ4n) is 2.00. The first-order valence-corrected chi connectivity index (χ1v) is 6.57. The molecule has 1 amide bonds. The molecule has 2 unspecified atom stereocenters. The van der Waals surface area contributed by atoms with E-state index >= 15 is 0 Å². The molecule has 2 rings (SSSR count). The van der Waals surface area contributed by atoms with Gasteiger partial charge in [-0.3, -0.25) is 4.79 Å². The zero-order valence-electron chi connectivity index (χ0n) is 11.7. The van der Waals surface area contributed by atoms with E-state index in [2.05, 4.69) is 5.32 Å². The maximum absolute atomic E-state index is 11.7. The highest BCUT2D eigenvalue weighted by Crippen LogP contribution is 2.33. The van der Waals surface area contributed by atoms with Crippen LogP contribution in [0.1, 0.15) is 31.9 Å². The molecule has 1 aromatic carbocycles. The van der Waals surface area contributed by atoms with E-state index in [9.17, 15) is 4.79 Å². The molecule has 2 atom stereocenters. The highest BCUT2D eigenvalue weighted by molar-refractivity contribution is 5.85. The Balaban J connectivity index is 0.00000200. The van der Waals surface area contributed by atoms with Crippen molar-refractivity contribution in [3.8, 4) is 11.5 Å². The van der Waals surface area contributed by atoms with E-state index in [0.717, 1.165) is 23.5 Å². The number of hydrogen-bond acceptors (Lipinski definition) is 4. The summed E-state index contributed by atoms with van der Waals surface area (Å²) in [7, 11) is 0. The molecule has 0 aromatic heterocycles. The van der Waals surface area contributed by atoms with E-state index in [1.807, 2.05) is 25.1 Å². The lowest BCUT2D eigenvalue weighted by atomic mass is 10.0. The summed E-state index contributed by atoms with van der Waals surface area (Å²) in [6.45, 7) is 4.82. The van der Waals surface area contributed by atoms with Crippen molar-refractivity contribution >= 4 is 18.3 Å². The van der Waals surface area contributed by atoms with Crippen LogP contribution in [0.2, 0.25) is 0 Å². The fraction of sp³-hybridized carbons (Fsp3) is 0.500. The molecule has 0 radical (unpaired) electrons. The van der Waals surface area contributed by atoms with Gasteiger partial charge in [-0.15, -0.1) is 12.4 Å². The lowest BCUT2D eigenvalue weighted by molar-refractivity contribution is -0.122. The number of nitrogens with two attached hydrogens (primary N) is 1. The van der Waals surface area contributed by atoms with Gasteiger partial charge in [-0.1, -0.05) is 13.0 Å². The van der Waals surface area contributed by atoms with Crippen molar-refractivity contribution < 1.29 is 14.3 Å². The summed E-state index contributed by atoms with van der Waals surface area (Å²) in [5, 5.41) is 2.93. The Bertz CT molecular complexity index is 466. The van der Waals surface area contributed by atoms with Crippen molar-refractivity contribution in [2.24, 2.45) is 5.73 Å². The molecule has 112 valence electrons. The van der Waals surface area contributed by atoms with Gasteiger partial charge in [0.25, 0.3) is 0 Å². The van der Waals surface area contributed by atoms with Crippen molar-refractivity contribution in [3.05, 3.63) is 23.8 Å². The Labute approximate surface area is 125 Å². The second-order valence-electron chi connectivity index (χ2n) is 4.66. The summed E-state index contributed by atoms with van der Waals surface area (Å²) in [5.74, 6) is 1.34. The summed E-state index contributed by atoms with van der Waals surface area (Å²) >= 11 is 0. The van der Waals surface area contributed by atoms with Crippen LogP contribution in [-0.2, 0) is 4.79 Å². The Morgan fingerprint density at radius 2 is 2.00 bits per heavy atom. The van der Waals surface area contributed by atoms with Gasteiger partial charge in [0.15, 0.2) is 11.5 Å². The number of halogens is 1. The summed E-state index contributed by atoms with van der Waals surface area (Å²) in [5.41, 5.74) is 6.57. The maximum atomic E-state index is 11.7. The molecule has 1 aliphatic rings. The molecular formula is C14H21ClN2O3. The molecule has 5 nitrogen and oxygen atoms in total. The minimum atomic E-state index is -0.508.